The standard InChI is InChI=1S/C15H17FN4O11P2/c1-15(23)11(22)8(4-29-33(27,28)31-32(24,25)26)30-14(15)20-3-6-7(16)2-9(21)19-12-10(6)13(20)18-5-17-12/h2-3,5,8,11,14,22-23H,4H2,1H3,(H,27,28)(H2,24,25,26)(H,17,18,19,21)/t8-,11-,14-,15-/m1/s1. The SMILES string of the molecule is C[C@@]1(O)[C@H](O)[C@@H](COP(=O)(O)OP(=O)(O)O)O[C@H]1n1cc2c(F)cc(=O)nc3c2c1N=CN3. The number of aliphatic hydroxyl groups is 2. The van der Waals surface area contributed by atoms with Crippen LogP contribution in [0.15, 0.2) is 22.1 Å². The van der Waals surface area contributed by atoms with Crippen molar-refractivity contribution in [2.45, 2.75) is 31.0 Å². The first kappa shape index (κ1) is 24.0. The number of ether oxygens (including phenoxy) is 1. The van der Waals surface area contributed by atoms with Gasteiger partial charge in [-0.1, -0.05) is 0 Å². The van der Waals surface area contributed by atoms with Crippen LogP contribution in [0.2, 0.25) is 0 Å². The predicted octanol–water partition coefficient (Wildman–Crippen LogP) is -0.144. The van der Waals surface area contributed by atoms with Crippen LogP contribution in [0, 0.1) is 5.82 Å². The minimum Gasteiger partial charge on any atom is -0.387 e. The van der Waals surface area contributed by atoms with Gasteiger partial charge in [0.25, 0.3) is 5.56 Å². The van der Waals surface area contributed by atoms with Gasteiger partial charge in [-0.3, -0.25) is 9.32 Å². The Morgan fingerprint density at radius 2 is 2.06 bits per heavy atom. The Balaban J connectivity index is 1.69. The van der Waals surface area contributed by atoms with Gasteiger partial charge in [0.1, 0.15) is 35.3 Å². The van der Waals surface area contributed by atoms with Gasteiger partial charge in [0.2, 0.25) is 0 Å². The van der Waals surface area contributed by atoms with E-state index in [9.17, 15) is 33.4 Å². The Bertz CT molecular complexity index is 1310. The van der Waals surface area contributed by atoms with E-state index in [2.05, 4.69) is 24.1 Å². The third-order valence-electron chi connectivity index (χ3n) is 4.98. The van der Waals surface area contributed by atoms with E-state index < -0.39 is 57.7 Å². The smallest absolute Gasteiger partial charge is 0.387 e. The number of nitrogens with zero attached hydrogens (tertiary/aromatic N) is 3. The second-order valence-electron chi connectivity index (χ2n) is 7.38. The van der Waals surface area contributed by atoms with E-state index in [0.29, 0.717) is 6.07 Å². The molecule has 4 heterocycles. The highest BCUT2D eigenvalue weighted by atomic mass is 31.3. The number of phosphoric acid groups is 2. The maximum atomic E-state index is 14.6. The van der Waals surface area contributed by atoms with Gasteiger partial charge in [0.15, 0.2) is 6.23 Å². The lowest BCUT2D eigenvalue weighted by atomic mass is 9.96. The van der Waals surface area contributed by atoms with E-state index in [-0.39, 0.29) is 22.4 Å². The molecule has 33 heavy (non-hydrogen) atoms. The molecule has 2 aromatic heterocycles. The van der Waals surface area contributed by atoms with E-state index in [4.69, 9.17) is 14.5 Å². The summed E-state index contributed by atoms with van der Waals surface area (Å²) in [5.74, 6) is -0.907. The Morgan fingerprint density at radius 3 is 2.73 bits per heavy atom. The maximum absolute atomic E-state index is 14.6. The number of nitrogens with one attached hydrogen (secondary N) is 1. The molecule has 0 amide bonds. The normalized spacial score (nSPS) is 28.6. The number of hydrogen-bond acceptors (Lipinski definition) is 11. The molecule has 0 aliphatic carbocycles. The van der Waals surface area contributed by atoms with E-state index in [1.54, 1.807) is 0 Å². The summed E-state index contributed by atoms with van der Waals surface area (Å²) < 4.78 is 51.9. The summed E-state index contributed by atoms with van der Waals surface area (Å²) in [5, 5.41) is 24.0. The number of hydrogen-bond donors (Lipinski definition) is 6. The largest absolute Gasteiger partial charge is 0.481 e. The second kappa shape index (κ2) is 7.99. The van der Waals surface area contributed by atoms with E-state index in [1.165, 1.54) is 24.0 Å². The van der Waals surface area contributed by atoms with Crippen LogP contribution in [0.3, 0.4) is 0 Å². The van der Waals surface area contributed by atoms with Crippen LogP contribution in [0.5, 0.6) is 0 Å². The molecule has 1 unspecified atom stereocenters. The molecule has 6 N–H and O–H groups in total. The van der Waals surface area contributed by atoms with Gasteiger partial charge in [-0.25, -0.2) is 18.5 Å². The van der Waals surface area contributed by atoms with Crippen molar-refractivity contribution in [3.63, 3.8) is 0 Å². The van der Waals surface area contributed by atoms with Crippen LogP contribution in [-0.4, -0.2) is 65.2 Å². The highest BCUT2D eigenvalue weighted by Crippen LogP contribution is 2.58. The lowest BCUT2D eigenvalue weighted by Gasteiger charge is -2.28. The Morgan fingerprint density at radius 1 is 1.36 bits per heavy atom. The number of aliphatic hydroxyl groups excluding tert-OH is 1. The molecule has 2 aliphatic rings. The van der Waals surface area contributed by atoms with Crippen LogP contribution in [-0.2, 0) is 22.7 Å². The van der Waals surface area contributed by atoms with Gasteiger partial charge < -0.3 is 39.5 Å². The zero-order valence-electron chi connectivity index (χ0n) is 16.5. The van der Waals surface area contributed by atoms with Crippen molar-refractivity contribution in [1.29, 1.82) is 0 Å². The molecule has 180 valence electrons. The molecule has 18 heteroatoms. The molecule has 2 aromatic rings. The quantitative estimate of drug-likeness (QED) is 0.279. The first-order chi connectivity index (χ1) is 15.2. The molecule has 4 rings (SSSR count). The van der Waals surface area contributed by atoms with E-state index in [0.717, 1.165) is 0 Å². The minimum absolute atomic E-state index is 0.00322. The zero-order chi connectivity index (χ0) is 24.3. The second-order valence-corrected chi connectivity index (χ2v) is 10.2. The average Bonchev–Trinajstić information content (AvgIpc) is 3.10. The summed E-state index contributed by atoms with van der Waals surface area (Å²) in [4.78, 5) is 46.3. The zero-order valence-corrected chi connectivity index (χ0v) is 18.3. The number of phosphoric ester groups is 1. The average molecular weight is 510 g/mol. The molecular formula is C15H17FN4O11P2. The maximum Gasteiger partial charge on any atom is 0.481 e. The third-order valence-corrected chi connectivity index (χ3v) is 7.13. The van der Waals surface area contributed by atoms with Crippen LogP contribution in [0.25, 0.3) is 10.8 Å². The molecule has 0 bridgehead atoms. The van der Waals surface area contributed by atoms with Crippen molar-refractivity contribution in [1.82, 2.24) is 9.55 Å². The van der Waals surface area contributed by atoms with Crippen molar-refractivity contribution < 1.29 is 52.0 Å². The van der Waals surface area contributed by atoms with Gasteiger partial charge >= 0.3 is 15.6 Å². The molecule has 1 saturated heterocycles. The Hall–Kier alpha value is -2.10. The number of rotatable bonds is 6. The van der Waals surface area contributed by atoms with Crippen molar-refractivity contribution >= 4 is 44.4 Å². The van der Waals surface area contributed by atoms with Crippen molar-refractivity contribution in [2.75, 3.05) is 11.9 Å². The molecule has 0 radical (unpaired) electrons. The Kier molecular flexibility index (Phi) is 5.82. The van der Waals surface area contributed by atoms with Gasteiger partial charge in [-0.05, 0) is 6.92 Å². The fourth-order valence-corrected chi connectivity index (χ4v) is 5.18. The molecule has 1 fully saturated rings. The lowest BCUT2D eigenvalue weighted by molar-refractivity contribution is -0.0954. The predicted molar refractivity (Wildman–Crippen MR) is 107 cm³/mol. The molecule has 15 nitrogen and oxygen atoms in total. The van der Waals surface area contributed by atoms with Crippen LogP contribution < -0.4 is 10.9 Å². The van der Waals surface area contributed by atoms with Crippen LogP contribution in [0.1, 0.15) is 13.2 Å². The first-order valence-corrected chi connectivity index (χ1v) is 12.1. The lowest BCUT2D eigenvalue weighted by Crippen LogP contribution is -2.44. The molecule has 0 aromatic carbocycles. The molecule has 2 aliphatic heterocycles. The number of halogens is 1. The van der Waals surface area contributed by atoms with Gasteiger partial charge in [0, 0.05) is 17.6 Å². The highest BCUT2D eigenvalue weighted by molar-refractivity contribution is 7.60. The fourth-order valence-electron chi connectivity index (χ4n) is 3.59. The Labute approximate surface area is 182 Å². The van der Waals surface area contributed by atoms with Gasteiger partial charge in [-0.2, -0.15) is 9.29 Å². The summed E-state index contributed by atoms with van der Waals surface area (Å²) in [7, 11) is -10.6. The fraction of sp³-hybridized carbons (Fsp3) is 0.400. The first-order valence-electron chi connectivity index (χ1n) is 9.04. The molecule has 0 spiro atoms. The number of anilines is 1. The van der Waals surface area contributed by atoms with Crippen molar-refractivity contribution in [3.8, 4) is 0 Å². The third kappa shape index (κ3) is 4.50. The van der Waals surface area contributed by atoms with Gasteiger partial charge in [-0.15, -0.1) is 0 Å². The van der Waals surface area contributed by atoms with E-state index >= 15 is 0 Å². The van der Waals surface area contributed by atoms with Gasteiger partial charge in [0.05, 0.1) is 18.3 Å². The number of aromatic nitrogens is 2. The summed E-state index contributed by atoms with van der Waals surface area (Å²) in [6, 6.07) is 0.659. The van der Waals surface area contributed by atoms with E-state index in [1.807, 2.05) is 0 Å². The topological polar surface area (TPSA) is 222 Å². The summed E-state index contributed by atoms with van der Waals surface area (Å²) >= 11 is 0. The number of aliphatic imine (C=N–C) groups is 1. The molecular weight excluding hydrogens is 493 g/mol. The summed E-state index contributed by atoms with van der Waals surface area (Å²) in [6.45, 7) is 0.249. The van der Waals surface area contributed by atoms with Crippen molar-refractivity contribution in [3.05, 3.63) is 28.4 Å². The summed E-state index contributed by atoms with van der Waals surface area (Å²) in [5.41, 5.74) is -2.93. The van der Waals surface area contributed by atoms with Crippen LogP contribution in [0.4, 0.5) is 16.0 Å². The molecule has 0 saturated carbocycles. The minimum atomic E-state index is -5.37. The van der Waals surface area contributed by atoms with Crippen molar-refractivity contribution in [2.24, 2.45) is 4.99 Å². The van der Waals surface area contributed by atoms with Crippen LogP contribution >= 0.6 is 15.6 Å². The highest BCUT2D eigenvalue weighted by Gasteiger charge is 2.54. The summed E-state index contributed by atoms with van der Waals surface area (Å²) in [6.07, 6.45) is -2.32. The molecule has 5 atom stereocenters. The monoisotopic (exact) mass is 510 g/mol.